The predicted molar refractivity (Wildman–Crippen MR) is 133 cm³/mol. The van der Waals surface area contributed by atoms with Crippen molar-refractivity contribution in [2.45, 2.75) is 52.0 Å². The summed E-state index contributed by atoms with van der Waals surface area (Å²) in [6, 6.07) is 8.36. The van der Waals surface area contributed by atoms with Gasteiger partial charge in [-0.3, -0.25) is 14.4 Å². The van der Waals surface area contributed by atoms with Crippen LogP contribution in [0.25, 0.3) is 22.8 Å². The molecule has 5 rings (SSSR count). The molecule has 0 fully saturated rings. The molecule has 4 heterocycles. The first-order valence-corrected chi connectivity index (χ1v) is 12.3. The van der Waals surface area contributed by atoms with E-state index in [0.717, 1.165) is 30.4 Å². The minimum atomic E-state index is -4.50. The number of nitrogens with zero attached hydrogens (tertiary/aromatic N) is 7. The second-order valence-electron chi connectivity index (χ2n) is 8.87. The molecule has 4 aromatic rings. The average Bonchev–Trinajstić information content (AvgIpc) is 3.60. The summed E-state index contributed by atoms with van der Waals surface area (Å²) < 4.78 is 57.6. The van der Waals surface area contributed by atoms with Crippen molar-refractivity contribution in [3.05, 3.63) is 59.1 Å². The standard InChI is InChI=1S/C25H24ClF4N7/c1-3-35-14-22(25(28,29)30)33-24(35)16-6-8-17(9-7-16)32-19-5-4-10-36-21(19)11-20(34-36)23-18(26)13-31-37(23)15(2)12-27/h6-9,11,13-15H,3-5,10,12H2,1-2H3. The number of fused-ring (bicyclic) bond motifs is 1. The van der Waals surface area contributed by atoms with Crippen LogP contribution >= 0.6 is 11.6 Å². The highest BCUT2D eigenvalue weighted by molar-refractivity contribution is 6.33. The molecule has 0 saturated carbocycles. The van der Waals surface area contributed by atoms with Gasteiger partial charge in [0, 0.05) is 24.8 Å². The van der Waals surface area contributed by atoms with Crippen LogP contribution < -0.4 is 0 Å². The lowest BCUT2D eigenvalue weighted by Crippen LogP contribution is -2.17. The lowest BCUT2D eigenvalue weighted by Gasteiger charge is -2.15. The Hall–Kier alpha value is -3.47. The van der Waals surface area contributed by atoms with E-state index < -0.39 is 24.6 Å². The van der Waals surface area contributed by atoms with Crippen molar-refractivity contribution in [2.24, 2.45) is 4.99 Å². The molecule has 0 saturated heterocycles. The molecule has 1 aliphatic heterocycles. The van der Waals surface area contributed by atoms with E-state index in [-0.39, 0.29) is 5.82 Å². The van der Waals surface area contributed by atoms with Crippen molar-refractivity contribution < 1.29 is 17.6 Å². The number of aryl methyl sites for hydroxylation is 2. The fraction of sp³-hybridized carbons (Fsp3) is 0.360. The van der Waals surface area contributed by atoms with Crippen LogP contribution in [0.4, 0.5) is 23.2 Å². The van der Waals surface area contributed by atoms with Gasteiger partial charge in [-0.1, -0.05) is 11.6 Å². The van der Waals surface area contributed by atoms with Gasteiger partial charge in [0.25, 0.3) is 0 Å². The smallest absolute Gasteiger partial charge is 0.331 e. The first-order valence-electron chi connectivity index (χ1n) is 11.9. The number of rotatable bonds is 6. The molecular weight excluding hydrogens is 510 g/mol. The Bertz CT molecular complexity index is 1450. The van der Waals surface area contributed by atoms with E-state index in [1.165, 1.54) is 15.4 Å². The Morgan fingerprint density at radius 2 is 1.95 bits per heavy atom. The van der Waals surface area contributed by atoms with E-state index >= 15 is 0 Å². The largest absolute Gasteiger partial charge is 0.434 e. The molecule has 0 amide bonds. The topological polar surface area (TPSA) is 65.8 Å². The second kappa shape index (κ2) is 9.77. The minimum absolute atomic E-state index is 0.255. The summed E-state index contributed by atoms with van der Waals surface area (Å²) in [6.45, 7) is 3.97. The molecular formula is C25H24ClF4N7. The maximum Gasteiger partial charge on any atom is 0.434 e. The molecule has 0 N–H and O–H groups in total. The van der Waals surface area contributed by atoms with Gasteiger partial charge in [0.1, 0.15) is 23.9 Å². The number of aliphatic imine (C=N–C) groups is 1. The third kappa shape index (κ3) is 4.79. The molecule has 0 aliphatic carbocycles. The van der Waals surface area contributed by atoms with Crippen LogP contribution in [-0.2, 0) is 19.3 Å². The molecule has 0 bridgehead atoms. The molecule has 1 aliphatic rings. The highest BCUT2D eigenvalue weighted by Crippen LogP contribution is 2.33. The molecule has 1 aromatic carbocycles. The molecule has 37 heavy (non-hydrogen) atoms. The van der Waals surface area contributed by atoms with Gasteiger partial charge in [-0.05, 0) is 57.0 Å². The van der Waals surface area contributed by atoms with Gasteiger partial charge in [0.2, 0.25) is 0 Å². The predicted octanol–water partition coefficient (Wildman–Crippen LogP) is 6.75. The fourth-order valence-corrected chi connectivity index (χ4v) is 4.65. The Kier molecular flexibility index (Phi) is 6.65. The first kappa shape index (κ1) is 25.2. The van der Waals surface area contributed by atoms with Crippen molar-refractivity contribution in [3.8, 4) is 22.8 Å². The molecule has 7 nitrogen and oxygen atoms in total. The van der Waals surface area contributed by atoms with Gasteiger partial charge in [0.15, 0.2) is 5.69 Å². The van der Waals surface area contributed by atoms with Crippen LogP contribution in [0, 0.1) is 0 Å². The molecule has 3 aromatic heterocycles. The molecule has 1 unspecified atom stereocenters. The second-order valence-corrected chi connectivity index (χ2v) is 9.28. The van der Waals surface area contributed by atoms with Crippen molar-refractivity contribution in [2.75, 3.05) is 6.67 Å². The molecule has 194 valence electrons. The van der Waals surface area contributed by atoms with Crippen LogP contribution in [0.5, 0.6) is 0 Å². The van der Waals surface area contributed by atoms with Crippen LogP contribution in [0.2, 0.25) is 5.02 Å². The highest BCUT2D eigenvalue weighted by atomic mass is 35.5. The van der Waals surface area contributed by atoms with Crippen molar-refractivity contribution >= 4 is 23.0 Å². The molecule has 0 radical (unpaired) electrons. The molecule has 12 heteroatoms. The Morgan fingerprint density at radius 3 is 2.62 bits per heavy atom. The Balaban J connectivity index is 1.46. The number of aromatic nitrogens is 6. The van der Waals surface area contributed by atoms with Gasteiger partial charge >= 0.3 is 6.18 Å². The summed E-state index contributed by atoms with van der Waals surface area (Å²) in [7, 11) is 0. The molecule has 1 atom stereocenters. The first-order chi connectivity index (χ1) is 17.7. The Labute approximate surface area is 215 Å². The van der Waals surface area contributed by atoms with Crippen LogP contribution in [0.3, 0.4) is 0 Å². The number of halogens is 5. The number of alkyl halides is 4. The summed E-state index contributed by atoms with van der Waals surface area (Å²) in [5, 5.41) is 9.29. The SMILES string of the molecule is CCn1cc(C(F)(F)F)nc1-c1ccc(N=C2CCCn3nc(-c4c(Cl)cnn4C(C)CF)cc32)cc1. The number of imidazole rings is 1. The lowest BCUT2D eigenvalue weighted by atomic mass is 10.1. The third-order valence-electron chi connectivity index (χ3n) is 6.29. The number of benzene rings is 1. The lowest BCUT2D eigenvalue weighted by molar-refractivity contribution is -0.140. The zero-order valence-corrected chi connectivity index (χ0v) is 20.9. The van der Waals surface area contributed by atoms with Gasteiger partial charge < -0.3 is 4.57 Å². The fourth-order valence-electron chi connectivity index (χ4n) is 4.42. The van der Waals surface area contributed by atoms with E-state index in [1.54, 1.807) is 38.1 Å². The van der Waals surface area contributed by atoms with E-state index in [0.29, 0.717) is 40.8 Å². The van der Waals surface area contributed by atoms with Gasteiger partial charge in [0.05, 0.1) is 34.4 Å². The Morgan fingerprint density at radius 1 is 1.19 bits per heavy atom. The van der Waals surface area contributed by atoms with Gasteiger partial charge in [-0.2, -0.15) is 23.4 Å². The van der Waals surface area contributed by atoms with Crippen molar-refractivity contribution in [1.82, 2.24) is 29.1 Å². The van der Waals surface area contributed by atoms with Crippen LogP contribution in [0.1, 0.15) is 44.1 Å². The zero-order valence-electron chi connectivity index (χ0n) is 20.2. The number of hydrogen-bond donors (Lipinski definition) is 0. The normalized spacial score (nSPS) is 15.8. The van der Waals surface area contributed by atoms with Crippen LogP contribution in [-0.4, -0.2) is 41.5 Å². The van der Waals surface area contributed by atoms with E-state index in [1.807, 2.05) is 10.7 Å². The summed E-state index contributed by atoms with van der Waals surface area (Å²) >= 11 is 6.37. The average molecular weight is 534 g/mol. The van der Waals surface area contributed by atoms with E-state index in [4.69, 9.17) is 16.6 Å². The third-order valence-corrected chi connectivity index (χ3v) is 6.57. The number of hydrogen-bond acceptors (Lipinski definition) is 4. The van der Waals surface area contributed by atoms with Crippen molar-refractivity contribution in [3.63, 3.8) is 0 Å². The molecule has 0 spiro atoms. The van der Waals surface area contributed by atoms with Crippen molar-refractivity contribution in [1.29, 1.82) is 0 Å². The summed E-state index contributed by atoms with van der Waals surface area (Å²) in [5.74, 6) is 0.255. The monoisotopic (exact) mass is 533 g/mol. The minimum Gasteiger partial charge on any atom is -0.331 e. The van der Waals surface area contributed by atoms with Gasteiger partial charge in [-0.15, -0.1) is 0 Å². The summed E-state index contributed by atoms with van der Waals surface area (Å²) in [4.78, 5) is 8.61. The zero-order chi connectivity index (χ0) is 26.3. The quantitative estimate of drug-likeness (QED) is 0.258. The van der Waals surface area contributed by atoms with E-state index in [2.05, 4.69) is 15.2 Å². The highest BCUT2D eigenvalue weighted by Gasteiger charge is 2.34. The summed E-state index contributed by atoms with van der Waals surface area (Å²) in [6.07, 6.45) is -0.422. The maximum absolute atomic E-state index is 13.3. The van der Waals surface area contributed by atoms with Crippen LogP contribution in [0.15, 0.2) is 47.7 Å². The maximum atomic E-state index is 13.3. The van der Waals surface area contributed by atoms with Gasteiger partial charge in [-0.25, -0.2) is 9.37 Å². The van der Waals surface area contributed by atoms with E-state index in [9.17, 15) is 17.6 Å². The summed E-state index contributed by atoms with van der Waals surface area (Å²) in [5.41, 5.74) is 3.13.